The Morgan fingerprint density at radius 2 is 2.18 bits per heavy atom. The molecular weight excluding hydrogens is 176 g/mol. The number of aryl methyl sites for hydroxylation is 1. The lowest BCUT2D eigenvalue weighted by molar-refractivity contribution is 0.141. The molecule has 0 aliphatic rings. The Balaban J connectivity index is 0.000001000. The normalized spacial score (nSPS) is 9.82. The lowest BCUT2D eigenvalue weighted by atomic mass is 10.4. The molecule has 0 saturated heterocycles. The summed E-state index contributed by atoms with van der Waals surface area (Å²) in [6.45, 7) is 0. The number of nitrogen functional groups attached to an aromatic ring is 1. The smallest absolute Gasteiger partial charge is 0.282 e. The molecule has 0 radical (unpaired) electrons. The van der Waals surface area contributed by atoms with Crippen LogP contribution in [0.3, 0.4) is 0 Å². The molecule has 0 aliphatic heterocycles. The number of nitrogens with two attached hydrogens (primary N) is 1. The minimum Gasteiger partial charge on any atom is -0.396 e. The van der Waals surface area contributed by atoms with Crippen LogP contribution in [0.25, 0.3) is 0 Å². The predicted octanol–water partition coefficient (Wildman–Crippen LogP) is 1.36. The third kappa shape index (κ3) is 1.80. The predicted molar refractivity (Wildman–Crippen MR) is 39.8 cm³/mol. The Morgan fingerprint density at radius 3 is 2.36 bits per heavy atom. The lowest BCUT2D eigenvalue weighted by Crippen LogP contribution is -2.00. The van der Waals surface area contributed by atoms with Gasteiger partial charge in [0.2, 0.25) is 0 Å². The van der Waals surface area contributed by atoms with Crippen molar-refractivity contribution in [1.29, 1.82) is 0 Å². The maximum absolute atomic E-state index is 12.0. The van der Waals surface area contributed by atoms with Crippen LogP contribution in [-0.2, 0) is 7.05 Å². The largest absolute Gasteiger partial charge is 0.396 e. The van der Waals surface area contributed by atoms with Gasteiger partial charge in [-0.25, -0.2) is 8.78 Å². The molecule has 0 spiro atoms. The highest BCUT2D eigenvalue weighted by Gasteiger charge is 2.15. The number of halogens is 3. The van der Waals surface area contributed by atoms with E-state index in [1.165, 1.54) is 13.2 Å². The van der Waals surface area contributed by atoms with Crippen molar-refractivity contribution >= 4 is 18.1 Å². The molecule has 0 atom stereocenters. The van der Waals surface area contributed by atoms with Crippen LogP contribution in [0.4, 0.5) is 14.5 Å². The fourth-order valence-electron chi connectivity index (χ4n) is 0.731. The Hall–Kier alpha value is -0.840. The number of hydrogen-bond acceptors (Lipinski definition) is 2. The molecule has 0 unspecified atom stereocenters. The first-order chi connectivity index (χ1) is 4.63. The Kier molecular flexibility index (Phi) is 3.25. The van der Waals surface area contributed by atoms with Gasteiger partial charge in [0, 0.05) is 7.05 Å². The van der Waals surface area contributed by atoms with Gasteiger partial charge in [-0.15, -0.1) is 12.4 Å². The van der Waals surface area contributed by atoms with Gasteiger partial charge in [-0.3, -0.25) is 4.68 Å². The van der Waals surface area contributed by atoms with Gasteiger partial charge in [0.05, 0.1) is 11.9 Å². The first-order valence-corrected chi connectivity index (χ1v) is 2.68. The van der Waals surface area contributed by atoms with Gasteiger partial charge in [0.15, 0.2) is 0 Å². The van der Waals surface area contributed by atoms with Crippen LogP contribution in [0.2, 0.25) is 0 Å². The zero-order valence-corrected chi connectivity index (χ0v) is 6.61. The third-order valence-corrected chi connectivity index (χ3v) is 1.22. The number of rotatable bonds is 1. The molecule has 0 amide bonds. The third-order valence-electron chi connectivity index (χ3n) is 1.22. The summed E-state index contributed by atoms with van der Waals surface area (Å²) in [6, 6.07) is 0. The number of nitrogens with zero attached hydrogens (tertiary/aromatic N) is 2. The van der Waals surface area contributed by atoms with Crippen LogP contribution in [0.15, 0.2) is 6.20 Å². The van der Waals surface area contributed by atoms with Crippen molar-refractivity contribution in [1.82, 2.24) is 9.78 Å². The molecule has 0 aliphatic carbocycles. The molecule has 2 N–H and O–H groups in total. The van der Waals surface area contributed by atoms with E-state index in [9.17, 15) is 8.78 Å². The van der Waals surface area contributed by atoms with Crippen LogP contribution in [0.5, 0.6) is 0 Å². The van der Waals surface area contributed by atoms with Crippen LogP contribution in [-0.4, -0.2) is 9.78 Å². The van der Waals surface area contributed by atoms with Gasteiger partial charge >= 0.3 is 0 Å². The second-order valence-corrected chi connectivity index (χ2v) is 1.91. The Labute approximate surface area is 68.6 Å². The van der Waals surface area contributed by atoms with Gasteiger partial charge in [0.1, 0.15) is 5.69 Å². The molecule has 0 saturated carbocycles. The minimum atomic E-state index is -2.55. The van der Waals surface area contributed by atoms with Gasteiger partial charge < -0.3 is 5.73 Å². The maximum atomic E-state index is 12.0. The minimum absolute atomic E-state index is 0. The highest BCUT2D eigenvalue weighted by atomic mass is 35.5. The number of hydrogen-bond donors (Lipinski definition) is 1. The second kappa shape index (κ2) is 3.52. The highest BCUT2D eigenvalue weighted by Crippen LogP contribution is 2.22. The molecule has 1 aromatic heterocycles. The quantitative estimate of drug-likeness (QED) is 0.715. The molecule has 11 heavy (non-hydrogen) atoms. The zero-order chi connectivity index (χ0) is 7.72. The average Bonchev–Trinajstić information content (AvgIpc) is 2.11. The van der Waals surface area contributed by atoms with Crippen LogP contribution >= 0.6 is 12.4 Å². The lowest BCUT2D eigenvalue weighted by Gasteiger charge is -1.99. The summed E-state index contributed by atoms with van der Waals surface area (Å²) in [4.78, 5) is 0. The van der Waals surface area contributed by atoms with E-state index in [0.717, 1.165) is 4.68 Å². The van der Waals surface area contributed by atoms with E-state index < -0.39 is 6.43 Å². The topological polar surface area (TPSA) is 43.8 Å². The van der Waals surface area contributed by atoms with Gasteiger partial charge in [-0.05, 0) is 0 Å². The van der Waals surface area contributed by atoms with Crippen molar-refractivity contribution in [2.24, 2.45) is 7.05 Å². The molecule has 0 fully saturated rings. The fraction of sp³-hybridized carbons (Fsp3) is 0.400. The monoisotopic (exact) mass is 183 g/mol. The molecule has 0 aromatic carbocycles. The van der Waals surface area contributed by atoms with Gasteiger partial charge in [-0.2, -0.15) is 5.10 Å². The van der Waals surface area contributed by atoms with Crippen molar-refractivity contribution in [3.8, 4) is 0 Å². The Morgan fingerprint density at radius 1 is 1.64 bits per heavy atom. The molecule has 1 rings (SSSR count). The summed E-state index contributed by atoms with van der Waals surface area (Å²) in [6.07, 6.45) is -1.34. The van der Waals surface area contributed by atoms with Crippen LogP contribution in [0.1, 0.15) is 12.1 Å². The van der Waals surface area contributed by atoms with Crippen LogP contribution in [0, 0.1) is 0 Å². The van der Waals surface area contributed by atoms with Crippen molar-refractivity contribution in [2.45, 2.75) is 6.43 Å². The van der Waals surface area contributed by atoms with Gasteiger partial charge in [-0.1, -0.05) is 0 Å². The molecular formula is C5H8ClF2N3. The molecule has 3 nitrogen and oxygen atoms in total. The van der Waals surface area contributed by atoms with E-state index in [4.69, 9.17) is 5.73 Å². The average molecular weight is 184 g/mol. The first-order valence-electron chi connectivity index (χ1n) is 2.68. The summed E-state index contributed by atoms with van der Waals surface area (Å²) in [7, 11) is 1.43. The fourth-order valence-corrected chi connectivity index (χ4v) is 0.731. The summed E-state index contributed by atoms with van der Waals surface area (Å²) >= 11 is 0. The standard InChI is InChI=1S/C5H7F2N3.ClH/c1-10-4(5(6)7)3(8)2-9-10;/h2,5H,8H2,1H3;1H. The Bertz CT molecular complexity index is 216. The maximum Gasteiger partial charge on any atom is 0.282 e. The SMILES string of the molecule is Cl.Cn1ncc(N)c1C(F)F. The van der Waals surface area contributed by atoms with Gasteiger partial charge in [0.25, 0.3) is 6.43 Å². The summed E-state index contributed by atoms with van der Waals surface area (Å²) in [5.74, 6) is 0. The van der Waals surface area contributed by atoms with E-state index in [1.54, 1.807) is 0 Å². The van der Waals surface area contributed by atoms with E-state index in [2.05, 4.69) is 5.10 Å². The molecule has 0 bridgehead atoms. The van der Waals surface area contributed by atoms with Crippen molar-refractivity contribution in [3.63, 3.8) is 0 Å². The number of alkyl halides is 2. The molecule has 1 heterocycles. The number of aromatic nitrogens is 2. The molecule has 64 valence electrons. The van der Waals surface area contributed by atoms with Crippen molar-refractivity contribution in [2.75, 3.05) is 5.73 Å². The highest BCUT2D eigenvalue weighted by molar-refractivity contribution is 5.85. The summed E-state index contributed by atoms with van der Waals surface area (Å²) in [5.41, 5.74) is 5.00. The van der Waals surface area contributed by atoms with Crippen LogP contribution < -0.4 is 5.73 Å². The molecule has 1 aromatic rings. The van der Waals surface area contributed by atoms with E-state index >= 15 is 0 Å². The number of anilines is 1. The van der Waals surface area contributed by atoms with Crippen molar-refractivity contribution in [3.05, 3.63) is 11.9 Å². The molecule has 6 heteroatoms. The zero-order valence-electron chi connectivity index (χ0n) is 5.79. The summed E-state index contributed by atoms with van der Waals surface area (Å²) in [5, 5.41) is 3.55. The first kappa shape index (κ1) is 10.2. The second-order valence-electron chi connectivity index (χ2n) is 1.91. The summed E-state index contributed by atoms with van der Waals surface area (Å²) < 4.78 is 25.0. The van der Waals surface area contributed by atoms with E-state index in [-0.39, 0.29) is 23.8 Å². The van der Waals surface area contributed by atoms with E-state index in [1.807, 2.05) is 0 Å². The van der Waals surface area contributed by atoms with Crippen molar-refractivity contribution < 1.29 is 8.78 Å². The van der Waals surface area contributed by atoms with E-state index in [0.29, 0.717) is 0 Å².